The number of fused-ring (bicyclic) bond motifs is 1. The molecule has 0 aliphatic carbocycles. The summed E-state index contributed by atoms with van der Waals surface area (Å²) in [5, 5.41) is 9.58. The van der Waals surface area contributed by atoms with E-state index in [-0.39, 0.29) is 18.3 Å². The molecule has 0 aromatic heterocycles. The molecule has 3 nitrogen and oxygen atoms in total. The minimum absolute atomic E-state index is 0.126. The van der Waals surface area contributed by atoms with Gasteiger partial charge in [-0.15, -0.1) is 0 Å². The average Bonchev–Trinajstić information content (AvgIpc) is 2.54. The van der Waals surface area contributed by atoms with Gasteiger partial charge in [-0.2, -0.15) is 0 Å². The van der Waals surface area contributed by atoms with Crippen molar-refractivity contribution in [2.75, 3.05) is 13.7 Å². The molecule has 21 heavy (non-hydrogen) atoms. The highest BCUT2D eigenvalue weighted by Gasteiger charge is 2.26. The van der Waals surface area contributed by atoms with Crippen LogP contribution in [0.5, 0.6) is 11.5 Å². The number of rotatable bonds is 3. The molecule has 0 saturated carbocycles. The molecular formula is C17H15FO3. The predicted molar refractivity (Wildman–Crippen MR) is 77.0 cm³/mol. The lowest BCUT2D eigenvalue weighted by Gasteiger charge is -2.26. The van der Waals surface area contributed by atoms with Crippen molar-refractivity contribution in [3.8, 4) is 11.5 Å². The molecule has 1 heterocycles. The Kier molecular flexibility index (Phi) is 3.62. The van der Waals surface area contributed by atoms with Gasteiger partial charge >= 0.3 is 0 Å². The maximum atomic E-state index is 13.1. The highest BCUT2D eigenvalue weighted by molar-refractivity contribution is 5.53. The number of hydrogen-bond acceptors (Lipinski definition) is 3. The molecule has 2 aromatic rings. The van der Waals surface area contributed by atoms with Gasteiger partial charge in [-0.1, -0.05) is 12.1 Å². The van der Waals surface area contributed by atoms with Crippen molar-refractivity contribution in [2.24, 2.45) is 0 Å². The lowest BCUT2D eigenvalue weighted by atomic mass is 9.84. The second-order valence-electron chi connectivity index (χ2n) is 4.86. The van der Waals surface area contributed by atoms with Crippen molar-refractivity contribution < 1.29 is 19.0 Å². The van der Waals surface area contributed by atoms with Crippen LogP contribution in [0.2, 0.25) is 0 Å². The van der Waals surface area contributed by atoms with Crippen molar-refractivity contribution in [3.63, 3.8) is 0 Å². The molecule has 0 radical (unpaired) electrons. The summed E-state index contributed by atoms with van der Waals surface area (Å²) < 4.78 is 23.9. The number of benzene rings is 2. The van der Waals surface area contributed by atoms with E-state index in [0.29, 0.717) is 11.5 Å². The van der Waals surface area contributed by atoms with Gasteiger partial charge in [0.15, 0.2) is 0 Å². The van der Waals surface area contributed by atoms with E-state index in [9.17, 15) is 9.50 Å². The van der Waals surface area contributed by atoms with Crippen LogP contribution < -0.4 is 9.47 Å². The molecule has 4 heteroatoms. The predicted octanol–water partition coefficient (Wildman–Crippen LogP) is 3.23. The van der Waals surface area contributed by atoms with Crippen LogP contribution in [0.25, 0.3) is 0 Å². The largest absolute Gasteiger partial charge is 0.497 e. The van der Waals surface area contributed by atoms with E-state index in [0.717, 1.165) is 16.7 Å². The first-order chi connectivity index (χ1) is 10.2. The zero-order chi connectivity index (χ0) is 14.8. The van der Waals surface area contributed by atoms with Crippen LogP contribution in [0.1, 0.15) is 17.0 Å². The molecule has 1 atom stereocenters. The minimum Gasteiger partial charge on any atom is -0.497 e. The highest BCUT2D eigenvalue weighted by atomic mass is 19.1. The Morgan fingerprint density at radius 3 is 2.62 bits per heavy atom. The van der Waals surface area contributed by atoms with Crippen LogP contribution in [0.4, 0.5) is 4.39 Å². The highest BCUT2D eigenvalue weighted by Crippen LogP contribution is 2.42. The quantitative estimate of drug-likeness (QED) is 0.941. The number of ether oxygens (including phenoxy) is 2. The third kappa shape index (κ3) is 2.50. The van der Waals surface area contributed by atoms with E-state index in [1.807, 2.05) is 18.2 Å². The Hall–Kier alpha value is -2.33. The minimum atomic E-state index is -0.286. The van der Waals surface area contributed by atoms with Crippen molar-refractivity contribution in [2.45, 2.75) is 5.92 Å². The summed E-state index contributed by atoms with van der Waals surface area (Å²) in [6.45, 7) is -0.126. The number of methoxy groups -OCH3 is 1. The van der Waals surface area contributed by atoms with Crippen LogP contribution in [-0.2, 0) is 0 Å². The lowest BCUT2D eigenvalue weighted by Crippen LogP contribution is -2.14. The fourth-order valence-corrected chi connectivity index (χ4v) is 2.57. The summed E-state index contributed by atoms with van der Waals surface area (Å²) in [6, 6.07) is 11.8. The van der Waals surface area contributed by atoms with Crippen LogP contribution in [0, 0.1) is 5.82 Å². The molecule has 1 N–H and O–H groups in total. The van der Waals surface area contributed by atoms with Crippen LogP contribution >= 0.6 is 0 Å². The van der Waals surface area contributed by atoms with Gasteiger partial charge in [0.1, 0.15) is 17.3 Å². The molecule has 1 aliphatic heterocycles. The van der Waals surface area contributed by atoms with E-state index in [4.69, 9.17) is 9.47 Å². The third-order valence-corrected chi connectivity index (χ3v) is 3.62. The van der Waals surface area contributed by atoms with Crippen LogP contribution in [-0.4, -0.2) is 18.8 Å². The maximum Gasteiger partial charge on any atom is 0.130 e. The van der Waals surface area contributed by atoms with E-state index in [1.54, 1.807) is 25.5 Å². The van der Waals surface area contributed by atoms with E-state index in [1.165, 1.54) is 12.1 Å². The molecule has 0 amide bonds. The topological polar surface area (TPSA) is 38.7 Å². The van der Waals surface area contributed by atoms with Crippen molar-refractivity contribution in [1.82, 2.24) is 0 Å². The van der Waals surface area contributed by atoms with Gasteiger partial charge in [0.25, 0.3) is 0 Å². The molecule has 108 valence electrons. The van der Waals surface area contributed by atoms with Gasteiger partial charge in [-0.3, -0.25) is 0 Å². The molecule has 0 spiro atoms. The molecule has 0 saturated heterocycles. The van der Waals surface area contributed by atoms with Gasteiger partial charge in [0.2, 0.25) is 0 Å². The number of hydrogen-bond donors (Lipinski definition) is 1. The summed E-state index contributed by atoms with van der Waals surface area (Å²) in [7, 11) is 1.60. The van der Waals surface area contributed by atoms with Crippen LogP contribution in [0.3, 0.4) is 0 Å². The lowest BCUT2D eigenvalue weighted by molar-refractivity contribution is 0.312. The average molecular weight is 286 g/mol. The van der Waals surface area contributed by atoms with Crippen molar-refractivity contribution in [1.29, 1.82) is 0 Å². The van der Waals surface area contributed by atoms with Gasteiger partial charge in [-0.25, -0.2) is 4.39 Å². The first-order valence-corrected chi connectivity index (χ1v) is 6.63. The summed E-state index contributed by atoms with van der Waals surface area (Å²) in [5.41, 5.74) is 2.52. The zero-order valence-electron chi connectivity index (χ0n) is 11.5. The number of aliphatic hydroxyl groups excluding tert-OH is 1. The smallest absolute Gasteiger partial charge is 0.130 e. The molecule has 3 rings (SSSR count). The van der Waals surface area contributed by atoms with Gasteiger partial charge < -0.3 is 14.6 Å². The number of aliphatic hydroxyl groups is 1. The van der Waals surface area contributed by atoms with E-state index < -0.39 is 0 Å². The SMILES string of the molecule is COc1ccc2c(c1)C(c1ccc(F)cc1)C(CO)=CO2. The summed E-state index contributed by atoms with van der Waals surface area (Å²) in [4.78, 5) is 0. The van der Waals surface area contributed by atoms with Gasteiger partial charge in [-0.05, 0) is 35.9 Å². The molecular weight excluding hydrogens is 271 g/mol. The third-order valence-electron chi connectivity index (χ3n) is 3.62. The Balaban J connectivity index is 2.12. The Labute approximate surface area is 122 Å². The second-order valence-corrected chi connectivity index (χ2v) is 4.86. The first kappa shape index (κ1) is 13.6. The van der Waals surface area contributed by atoms with Crippen molar-refractivity contribution in [3.05, 3.63) is 71.2 Å². The summed E-state index contributed by atoms with van der Waals surface area (Å²) in [6.07, 6.45) is 1.56. The Morgan fingerprint density at radius 2 is 1.95 bits per heavy atom. The van der Waals surface area contributed by atoms with Gasteiger partial charge in [0, 0.05) is 17.1 Å². The normalized spacial score (nSPS) is 16.7. The first-order valence-electron chi connectivity index (χ1n) is 6.63. The fraction of sp³-hybridized carbons (Fsp3) is 0.176. The van der Waals surface area contributed by atoms with E-state index in [2.05, 4.69) is 0 Å². The van der Waals surface area contributed by atoms with Gasteiger partial charge in [0.05, 0.1) is 20.0 Å². The van der Waals surface area contributed by atoms with Crippen molar-refractivity contribution >= 4 is 0 Å². The molecule has 2 aromatic carbocycles. The monoisotopic (exact) mass is 286 g/mol. The Bertz CT molecular complexity index is 677. The fourth-order valence-electron chi connectivity index (χ4n) is 2.57. The van der Waals surface area contributed by atoms with Crippen LogP contribution in [0.15, 0.2) is 54.3 Å². The summed E-state index contributed by atoms with van der Waals surface area (Å²) >= 11 is 0. The molecule has 1 unspecified atom stereocenters. The second kappa shape index (κ2) is 5.58. The number of halogens is 1. The summed E-state index contributed by atoms with van der Waals surface area (Å²) in [5.74, 6) is 0.964. The molecule has 1 aliphatic rings. The molecule has 0 fully saturated rings. The molecule has 0 bridgehead atoms. The standard InChI is InChI=1S/C17H15FO3/c1-20-14-6-7-16-15(8-14)17(12(9-19)10-21-16)11-2-4-13(18)5-3-11/h2-8,10,17,19H,9H2,1H3. The zero-order valence-corrected chi connectivity index (χ0v) is 11.5. The maximum absolute atomic E-state index is 13.1. The Morgan fingerprint density at radius 1 is 1.19 bits per heavy atom. The van der Waals surface area contributed by atoms with E-state index >= 15 is 0 Å².